The first-order valence-corrected chi connectivity index (χ1v) is 8.83. The highest BCUT2D eigenvalue weighted by atomic mass is 19.1. The van der Waals surface area contributed by atoms with Crippen molar-refractivity contribution in [2.75, 3.05) is 30.3 Å². The van der Waals surface area contributed by atoms with E-state index in [0.717, 1.165) is 36.2 Å². The monoisotopic (exact) mass is 361 g/mol. The summed E-state index contributed by atoms with van der Waals surface area (Å²) in [4.78, 5) is 11.3. The maximum Gasteiger partial charge on any atom is 0.171 e. The lowest BCUT2D eigenvalue weighted by Crippen LogP contribution is -2.39. The van der Waals surface area contributed by atoms with E-state index in [-0.39, 0.29) is 11.9 Å². The molecule has 1 aromatic carbocycles. The Morgan fingerprint density at radius 2 is 1.96 bits per heavy atom. The fraction of sp³-hybridized carbons (Fsp3) is 0.444. The molecule has 0 aliphatic carbocycles. The van der Waals surface area contributed by atoms with E-state index in [2.05, 4.69) is 15.2 Å². The van der Waals surface area contributed by atoms with Gasteiger partial charge in [-0.25, -0.2) is 18.7 Å². The van der Waals surface area contributed by atoms with Crippen molar-refractivity contribution in [1.82, 2.24) is 15.3 Å². The van der Waals surface area contributed by atoms with E-state index in [1.165, 1.54) is 12.1 Å². The molecule has 0 spiro atoms. The van der Waals surface area contributed by atoms with Crippen LogP contribution in [0.15, 0.2) is 18.2 Å². The van der Waals surface area contributed by atoms with Crippen molar-refractivity contribution < 1.29 is 13.5 Å². The summed E-state index contributed by atoms with van der Waals surface area (Å²) in [6.45, 7) is 2.99. The molecule has 0 radical (unpaired) electrons. The summed E-state index contributed by atoms with van der Waals surface area (Å²) in [5.41, 5.74) is 8.03. The lowest BCUT2D eigenvalue weighted by atomic mass is 10.1. The minimum absolute atomic E-state index is 0.0884. The normalized spacial score (nSPS) is 17.8. The molecule has 0 amide bonds. The summed E-state index contributed by atoms with van der Waals surface area (Å²) in [5, 5.41) is 3.26. The molecule has 1 aromatic heterocycles. The minimum Gasteiger partial charge on any atom is -0.487 e. The number of hydrogen-bond acceptors (Lipinski definition) is 6. The van der Waals surface area contributed by atoms with Gasteiger partial charge in [0.1, 0.15) is 11.9 Å². The zero-order valence-electron chi connectivity index (χ0n) is 14.3. The largest absolute Gasteiger partial charge is 0.487 e. The van der Waals surface area contributed by atoms with Crippen molar-refractivity contribution in [3.63, 3.8) is 0 Å². The Bertz CT molecular complexity index is 808. The quantitative estimate of drug-likeness (QED) is 0.871. The number of aromatic nitrogens is 2. The van der Waals surface area contributed by atoms with Crippen molar-refractivity contribution in [1.29, 1.82) is 0 Å². The van der Waals surface area contributed by atoms with E-state index in [1.807, 2.05) is 0 Å². The highest BCUT2D eigenvalue weighted by molar-refractivity contribution is 5.59. The summed E-state index contributed by atoms with van der Waals surface area (Å²) < 4.78 is 32.4. The molecule has 1 fully saturated rings. The minimum atomic E-state index is -0.675. The van der Waals surface area contributed by atoms with Gasteiger partial charge in [-0.2, -0.15) is 0 Å². The van der Waals surface area contributed by atoms with E-state index in [1.54, 1.807) is 0 Å². The molecule has 0 saturated carbocycles. The predicted molar refractivity (Wildman–Crippen MR) is 94.1 cm³/mol. The third-order valence-electron chi connectivity index (χ3n) is 4.82. The van der Waals surface area contributed by atoms with Crippen LogP contribution in [0.5, 0.6) is 5.75 Å². The topological polar surface area (TPSA) is 76.3 Å². The molecule has 2 aliphatic rings. The number of nitrogens with two attached hydrogens (primary N) is 1. The maximum atomic E-state index is 13.7. The van der Waals surface area contributed by atoms with Gasteiger partial charge < -0.3 is 20.7 Å². The summed E-state index contributed by atoms with van der Waals surface area (Å²) in [6.07, 6.45) is 2.13. The smallest absolute Gasteiger partial charge is 0.171 e. The molecule has 3 heterocycles. The molecule has 0 atom stereocenters. The molecule has 6 nitrogen and oxygen atoms in total. The molecular formula is C18H21F2N5O. The van der Waals surface area contributed by atoms with Crippen LogP contribution in [0.4, 0.5) is 20.4 Å². The zero-order chi connectivity index (χ0) is 18.1. The first kappa shape index (κ1) is 17.0. The van der Waals surface area contributed by atoms with Gasteiger partial charge in [0.05, 0.1) is 11.4 Å². The Morgan fingerprint density at radius 1 is 1.15 bits per heavy atom. The van der Waals surface area contributed by atoms with Gasteiger partial charge in [0.2, 0.25) is 0 Å². The molecule has 4 rings (SSSR count). The van der Waals surface area contributed by atoms with Crippen molar-refractivity contribution in [2.24, 2.45) is 0 Å². The van der Waals surface area contributed by atoms with Crippen LogP contribution >= 0.6 is 0 Å². The molecule has 2 aliphatic heterocycles. The van der Waals surface area contributed by atoms with Gasteiger partial charge in [-0.05, 0) is 12.1 Å². The van der Waals surface area contributed by atoms with E-state index in [4.69, 9.17) is 15.5 Å². The van der Waals surface area contributed by atoms with E-state index in [9.17, 15) is 8.78 Å². The van der Waals surface area contributed by atoms with Gasteiger partial charge in [-0.15, -0.1) is 0 Å². The van der Waals surface area contributed by atoms with E-state index in [0.29, 0.717) is 38.3 Å². The van der Waals surface area contributed by atoms with Gasteiger partial charge in [0.15, 0.2) is 23.2 Å². The molecule has 2 aromatic rings. The number of anilines is 2. The number of fused-ring (bicyclic) bond motifs is 1. The van der Waals surface area contributed by atoms with Gasteiger partial charge in [0, 0.05) is 51.5 Å². The van der Waals surface area contributed by atoms with Crippen LogP contribution in [0, 0.1) is 11.6 Å². The summed E-state index contributed by atoms with van der Waals surface area (Å²) in [6, 6.07) is 3.37. The number of rotatable bonds is 3. The summed E-state index contributed by atoms with van der Waals surface area (Å²) >= 11 is 0. The number of piperidine rings is 1. The molecule has 0 bridgehead atoms. The molecule has 138 valence electrons. The van der Waals surface area contributed by atoms with Crippen LogP contribution in [-0.2, 0) is 13.0 Å². The van der Waals surface area contributed by atoms with Crippen LogP contribution in [0.2, 0.25) is 0 Å². The maximum absolute atomic E-state index is 13.7. The Kier molecular flexibility index (Phi) is 4.58. The molecular weight excluding hydrogens is 340 g/mol. The predicted octanol–water partition coefficient (Wildman–Crippen LogP) is 2.03. The number of nitrogens with zero attached hydrogens (tertiary/aromatic N) is 3. The first-order chi connectivity index (χ1) is 12.6. The van der Waals surface area contributed by atoms with Gasteiger partial charge in [-0.1, -0.05) is 0 Å². The lowest BCUT2D eigenvalue weighted by Gasteiger charge is -2.34. The highest BCUT2D eigenvalue weighted by Gasteiger charge is 2.25. The molecule has 0 unspecified atom stereocenters. The standard InChI is InChI=1S/C18H21F2N5O/c19-11-1-2-16(13(20)9-11)26-12-4-7-25(8-5-12)18-17(21)23-15-10-22-6-3-14(15)24-18/h1-2,9,12,22H,3-8,10H2,(H2,21,23). The SMILES string of the molecule is Nc1nc2c(nc1N1CCC(Oc3ccc(F)cc3F)CC1)CCNC2. The number of ether oxygens (including phenoxy) is 1. The number of benzene rings is 1. The van der Waals surface area contributed by atoms with Crippen molar-refractivity contribution in [3.05, 3.63) is 41.2 Å². The molecule has 1 saturated heterocycles. The summed E-state index contributed by atoms with van der Waals surface area (Å²) in [7, 11) is 0. The zero-order valence-corrected chi connectivity index (χ0v) is 14.3. The summed E-state index contributed by atoms with van der Waals surface area (Å²) in [5.74, 6) is -0.0361. The average Bonchev–Trinajstić information content (AvgIpc) is 2.64. The molecule has 26 heavy (non-hydrogen) atoms. The van der Waals surface area contributed by atoms with Crippen LogP contribution in [0.3, 0.4) is 0 Å². The highest BCUT2D eigenvalue weighted by Crippen LogP contribution is 2.27. The average molecular weight is 361 g/mol. The van der Waals surface area contributed by atoms with Gasteiger partial charge in [-0.3, -0.25) is 0 Å². The van der Waals surface area contributed by atoms with Crippen molar-refractivity contribution in [2.45, 2.75) is 31.9 Å². The Hall–Kier alpha value is -2.48. The van der Waals surface area contributed by atoms with Gasteiger partial charge >= 0.3 is 0 Å². The lowest BCUT2D eigenvalue weighted by molar-refractivity contribution is 0.163. The van der Waals surface area contributed by atoms with Crippen LogP contribution < -0.4 is 20.7 Å². The fourth-order valence-electron chi connectivity index (χ4n) is 3.43. The Morgan fingerprint density at radius 3 is 2.73 bits per heavy atom. The Labute approximate surface area is 150 Å². The van der Waals surface area contributed by atoms with Crippen LogP contribution in [0.1, 0.15) is 24.2 Å². The van der Waals surface area contributed by atoms with E-state index >= 15 is 0 Å². The molecule has 8 heteroatoms. The second-order valence-electron chi connectivity index (χ2n) is 6.63. The number of halogens is 2. The number of nitrogen functional groups attached to an aromatic ring is 1. The fourth-order valence-corrected chi connectivity index (χ4v) is 3.43. The third kappa shape index (κ3) is 3.41. The third-order valence-corrected chi connectivity index (χ3v) is 4.82. The first-order valence-electron chi connectivity index (χ1n) is 8.83. The Balaban J connectivity index is 1.42. The van der Waals surface area contributed by atoms with Crippen molar-refractivity contribution in [3.8, 4) is 5.75 Å². The number of hydrogen-bond donors (Lipinski definition) is 2. The second-order valence-corrected chi connectivity index (χ2v) is 6.63. The number of nitrogens with one attached hydrogen (secondary N) is 1. The van der Waals surface area contributed by atoms with E-state index < -0.39 is 11.6 Å². The second kappa shape index (κ2) is 7.03. The van der Waals surface area contributed by atoms with Crippen LogP contribution in [0.25, 0.3) is 0 Å². The van der Waals surface area contributed by atoms with Gasteiger partial charge in [0.25, 0.3) is 0 Å². The van der Waals surface area contributed by atoms with Crippen molar-refractivity contribution >= 4 is 11.6 Å². The molecule has 3 N–H and O–H groups in total. The van der Waals surface area contributed by atoms with Crippen LogP contribution in [-0.4, -0.2) is 35.7 Å².